The molecule has 7 heteroatoms. The monoisotopic (exact) mass is 363 g/mol. The normalized spacial score (nSPS) is 10.9. The molecule has 0 aliphatic rings. The number of rotatable bonds is 6. The Kier molecular flexibility index (Phi) is 5.20. The second-order valence-electron chi connectivity index (χ2n) is 5.10. The molecule has 1 N–H and O–H groups in total. The quantitative estimate of drug-likeness (QED) is 0.652. The van der Waals surface area contributed by atoms with Gasteiger partial charge in [-0.1, -0.05) is 19.4 Å². The number of thiazole rings is 2. The largest absolute Gasteiger partial charge is 0.297 e. The number of carbonyl (C=O) groups is 1. The summed E-state index contributed by atoms with van der Waals surface area (Å²) in [5.41, 5.74) is 1.71. The van der Waals surface area contributed by atoms with Crippen molar-refractivity contribution >= 4 is 45.0 Å². The number of thiophene rings is 1. The maximum absolute atomic E-state index is 12.4. The van der Waals surface area contributed by atoms with E-state index in [2.05, 4.69) is 22.2 Å². The van der Waals surface area contributed by atoms with Gasteiger partial charge in [0.05, 0.1) is 21.3 Å². The first-order valence-electron chi connectivity index (χ1n) is 7.44. The average Bonchev–Trinajstić information content (AvgIpc) is 3.24. The predicted molar refractivity (Wildman–Crippen MR) is 98.8 cm³/mol. The van der Waals surface area contributed by atoms with Crippen molar-refractivity contribution in [3.63, 3.8) is 0 Å². The van der Waals surface area contributed by atoms with Crippen molar-refractivity contribution in [2.24, 2.45) is 0 Å². The lowest BCUT2D eigenvalue weighted by molar-refractivity contribution is 0.103. The summed E-state index contributed by atoms with van der Waals surface area (Å²) >= 11 is 4.57. The van der Waals surface area contributed by atoms with Crippen LogP contribution in [0.25, 0.3) is 10.6 Å². The second kappa shape index (κ2) is 7.33. The Labute approximate surface area is 147 Å². The van der Waals surface area contributed by atoms with Gasteiger partial charge in [0.15, 0.2) is 5.13 Å². The fourth-order valence-corrected chi connectivity index (χ4v) is 4.59. The van der Waals surface area contributed by atoms with E-state index in [4.69, 9.17) is 0 Å². The molecule has 0 fully saturated rings. The lowest BCUT2D eigenvalue weighted by Crippen LogP contribution is -2.11. The first-order valence-corrected chi connectivity index (χ1v) is 10.0. The maximum atomic E-state index is 12.4. The van der Waals surface area contributed by atoms with Crippen LogP contribution >= 0.6 is 34.0 Å². The van der Waals surface area contributed by atoms with Crippen LogP contribution in [-0.4, -0.2) is 15.9 Å². The number of hydrogen-bond acceptors (Lipinski definition) is 6. The zero-order chi connectivity index (χ0) is 16.2. The van der Waals surface area contributed by atoms with Crippen LogP contribution < -0.4 is 5.32 Å². The van der Waals surface area contributed by atoms with Gasteiger partial charge in [-0.2, -0.15) is 0 Å². The van der Waals surface area contributed by atoms with Crippen molar-refractivity contribution < 1.29 is 4.79 Å². The molecule has 0 atom stereocenters. The average molecular weight is 364 g/mol. The van der Waals surface area contributed by atoms with Crippen LogP contribution in [0.4, 0.5) is 5.13 Å². The molecule has 120 valence electrons. The molecule has 3 rings (SSSR count). The molecule has 0 saturated heterocycles. The zero-order valence-corrected chi connectivity index (χ0v) is 15.4. The zero-order valence-electron chi connectivity index (χ0n) is 13.0. The standard InChI is InChI=1S/C16H17N3OS3/c1-3-4-7-13-17-10(2)14(23-13)15(20)19-16-18-11(9-22-16)12-6-5-8-21-12/h5-6,8-9H,3-4,7H2,1-2H3,(H,18,19,20). The molecule has 3 heterocycles. The van der Waals surface area contributed by atoms with Gasteiger partial charge >= 0.3 is 0 Å². The number of hydrogen-bond donors (Lipinski definition) is 1. The molecule has 4 nitrogen and oxygen atoms in total. The summed E-state index contributed by atoms with van der Waals surface area (Å²) in [6.07, 6.45) is 3.17. The predicted octanol–water partition coefficient (Wildman–Crippen LogP) is 5.23. The van der Waals surface area contributed by atoms with Crippen molar-refractivity contribution in [1.82, 2.24) is 9.97 Å². The van der Waals surface area contributed by atoms with Crippen LogP contribution in [0.15, 0.2) is 22.9 Å². The second-order valence-corrected chi connectivity index (χ2v) is 7.98. The smallest absolute Gasteiger partial charge is 0.269 e. The third-order valence-electron chi connectivity index (χ3n) is 3.29. The van der Waals surface area contributed by atoms with E-state index in [1.165, 1.54) is 22.7 Å². The minimum absolute atomic E-state index is 0.116. The highest BCUT2D eigenvalue weighted by Crippen LogP contribution is 2.29. The number of unbranched alkanes of at least 4 members (excludes halogenated alkanes) is 1. The molecular formula is C16H17N3OS3. The molecule has 0 spiro atoms. The minimum atomic E-state index is -0.116. The van der Waals surface area contributed by atoms with Crippen molar-refractivity contribution in [3.8, 4) is 10.6 Å². The lowest BCUT2D eigenvalue weighted by atomic mass is 10.3. The number of amides is 1. The van der Waals surface area contributed by atoms with Gasteiger partial charge in [0.1, 0.15) is 4.88 Å². The summed E-state index contributed by atoms with van der Waals surface area (Å²) < 4.78 is 0. The summed E-state index contributed by atoms with van der Waals surface area (Å²) in [6, 6.07) is 4.02. The van der Waals surface area contributed by atoms with Gasteiger partial charge in [-0.3, -0.25) is 10.1 Å². The van der Waals surface area contributed by atoms with Crippen LogP contribution in [0.3, 0.4) is 0 Å². The Morgan fingerprint density at radius 3 is 2.91 bits per heavy atom. The highest BCUT2D eigenvalue weighted by Gasteiger charge is 2.17. The van der Waals surface area contributed by atoms with Crippen molar-refractivity contribution in [2.75, 3.05) is 5.32 Å². The van der Waals surface area contributed by atoms with E-state index in [1.54, 1.807) is 11.3 Å². The van der Waals surface area contributed by atoms with Crippen molar-refractivity contribution in [3.05, 3.63) is 38.5 Å². The first-order chi connectivity index (χ1) is 11.2. The summed E-state index contributed by atoms with van der Waals surface area (Å²) in [7, 11) is 0. The molecule has 0 unspecified atom stereocenters. The highest BCUT2D eigenvalue weighted by molar-refractivity contribution is 7.16. The molecule has 0 aliphatic heterocycles. The van der Waals surface area contributed by atoms with Gasteiger partial charge in [-0.15, -0.1) is 34.0 Å². The first kappa shape index (κ1) is 16.3. The van der Waals surface area contributed by atoms with E-state index in [0.29, 0.717) is 10.0 Å². The van der Waals surface area contributed by atoms with Crippen LogP contribution in [0, 0.1) is 6.92 Å². The van der Waals surface area contributed by atoms with E-state index in [0.717, 1.165) is 40.5 Å². The van der Waals surface area contributed by atoms with E-state index < -0.39 is 0 Å². The third-order valence-corrected chi connectivity index (χ3v) is 6.16. The van der Waals surface area contributed by atoms with E-state index in [9.17, 15) is 4.79 Å². The lowest BCUT2D eigenvalue weighted by Gasteiger charge is -1.99. The Hall–Kier alpha value is -1.57. The van der Waals surface area contributed by atoms with Crippen LogP contribution in [0.1, 0.15) is 40.1 Å². The Morgan fingerprint density at radius 2 is 2.17 bits per heavy atom. The fourth-order valence-electron chi connectivity index (χ4n) is 2.12. The summed E-state index contributed by atoms with van der Waals surface area (Å²) in [4.78, 5) is 23.2. The van der Waals surface area contributed by atoms with Crippen LogP contribution in [0.2, 0.25) is 0 Å². The number of nitrogens with zero attached hydrogens (tertiary/aromatic N) is 2. The number of aromatic nitrogens is 2. The summed E-state index contributed by atoms with van der Waals surface area (Å²) in [5.74, 6) is -0.116. The number of aryl methyl sites for hydroxylation is 2. The van der Waals surface area contributed by atoms with Crippen LogP contribution in [0.5, 0.6) is 0 Å². The summed E-state index contributed by atoms with van der Waals surface area (Å²) in [6.45, 7) is 4.04. The van der Waals surface area contributed by atoms with Gasteiger partial charge in [-0.05, 0) is 31.2 Å². The van der Waals surface area contributed by atoms with Gasteiger partial charge in [0.25, 0.3) is 5.91 Å². The molecule has 0 aromatic carbocycles. The molecule has 3 aromatic rings. The Bertz CT molecular complexity index is 789. The molecule has 0 radical (unpaired) electrons. The number of anilines is 1. The van der Waals surface area contributed by atoms with E-state index in [-0.39, 0.29) is 5.91 Å². The highest BCUT2D eigenvalue weighted by atomic mass is 32.1. The van der Waals surface area contributed by atoms with Gasteiger partial charge in [0.2, 0.25) is 0 Å². The Morgan fingerprint density at radius 1 is 1.30 bits per heavy atom. The van der Waals surface area contributed by atoms with E-state index >= 15 is 0 Å². The van der Waals surface area contributed by atoms with Crippen molar-refractivity contribution in [2.45, 2.75) is 33.1 Å². The number of carbonyl (C=O) groups excluding carboxylic acids is 1. The number of nitrogens with one attached hydrogen (secondary N) is 1. The molecular weight excluding hydrogens is 346 g/mol. The SMILES string of the molecule is CCCCc1nc(C)c(C(=O)Nc2nc(-c3cccs3)cs2)s1. The van der Waals surface area contributed by atoms with E-state index in [1.807, 2.05) is 29.8 Å². The van der Waals surface area contributed by atoms with Gasteiger partial charge in [-0.25, -0.2) is 9.97 Å². The molecule has 0 aliphatic carbocycles. The maximum Gasteiger partial charge on any atom is 0.269 e. The molecule has 23 heavy (non-hydrogen) atoms. The third kappa shape index (κ3) is 3.85. The summed E-state index contributed by atoms with van der Waals surface area (Å²) in [5, 5.41) is 8.54. The Balaban J connectivity index is 1.71. The topological polar surface area (TPSA) is 54.9 Å². The molecule has 0 saturated carbocycles. The molecule has 3 aromatic heterocycles. The van der Waals surface area contributed by atoms with Gasteiger partial charge < -0.3 is 0 Å². The fraction of sp³-hybridized carbons (Fsp3) is 0.312. The van der Waals surface area contributed by atoms with Gasteiger partial charge in [0, 0.05) is 5.38 Å². The van der Waals surface area contributed by atoms with Crippen molar-refractivity contribution in [1.29, 1.82) is 0 Å². The minimum Gasteiger partial charge on any atom is -0.297 e. The van der Waals surface area contributed by atoms with Crippen LogP contribution in [-0.2, 0) is 6.42 Å². The molecule has 0 bridgehead atoms. The molecule has 1 amide bonds.